The van der Waals surface area contributed by atoms with Crippen molar-refractivity contribution in [2.75, 3.05) is 13.2 Å². The molecule has 1 aliphatic carbocycles. The van der Waals surface area contributed by atoms with E-state index in [-0.39, 0.29) is 11.6 Å². The first-order valence-electron chi connectivity index (χ1n) is 6.28. The Labute approximate surface area is 96.2 Å². The molecule has 1 N–H and O–H groups in total. The van der Waals surface area contributed by atoms with Crippen molar-refractivity contribution in [3.8, 4) is 0 Å². The molecule has 0 radical (unpaired) electrons. The van der Waals surface area contributed by atoms with Crippen LogP contribution in [0.1, 0.15) is 44.0 Å². The summed E-state index contributed by atoms with van der Waals surface area (Å²) in [4.78, 5) is 0. The number of nitrogens with one attached hydrogen (secondary N) is 1. The second-order valence-corrected chi connectivity index (χ2v) is 5.04. The summed E-state index contributed by atoms with van der Waals surface area (Å²) < 4.78 is 11.3. The van der Waals surface area contributed by atoms with Gasteiger partial charge in [0.15, 0.2) is 0 Å². The van der Waals surface area contributed by atoms with Crippen molar-refractivity contribution >= 4 is 0 Å². The van der Waals surface area contributed by atoms with Gasteiger partial charge in [-0.3, -0.25) is 0 Å². The van der Waals surface area contributed by atoms with E-state index in [1.807, 2.05) is 12.1 Å². The summed E-state index contributed by atoms with van der Waals surface area (Å²) in [6.07, 6.45) is 8.39. The van der Waals surface area contributed by atoms with E-state index in [9.17, 15) is 0 Å². The van der Waals surface area contributed by atoms with Crippen molar-refractivity contribution < 1.29 is 9.15 Å². The zero-order valence-corrected chi connectivity index (χ0v) is 9.58. The molecule has 3 nitrogen and oxygen atoms in total. The van der Waals surface area contributed by atoms with Crippen molar-refractivity contribution in [2.45, 2.75) is 43.7 Å². The SMILES string of the molecule is c1coc(C2CNC3(CCCCC3)CO2)c1. The minimum atomic E-state index is 0.0996. The Bertz CT molecular complexity index is 318. The second kappa shape index (κ2) is 4.22. The molecule has 1 spiro atoms. The summed E-state index contributed by atoms with van der Waals surface area (Å²) in [5.41, 5.74) is 0.265. The third kappa shape index (κ3) is 1.89. The maximum absolute atomic E-state index is 5.96. The van der Waals surface area contributed by atoms with E-state index in [4.69, 9.17) is 9.15 Å². The Hall–Kier alpha value is -0.800. The number of rotatable bonds is 1. The molecule has 2 aliphatic rings. The monoisotopic (exact) mass is 221 g/mol. The number of ether oxygens (including phenoxy) is 1. The van der Waals surface area contributed by atoms with Crippen LogP contribution >= 0.6 is 0 Å². The van der Waals surface area contributed by atoms with Gasteiger partial charge in [0.25, 0.3) is 0 Å². The maximum atomic E-state index is 5.96. The quantitative estimate of drug-likeness (QED) is 0.791. The van der Waals surface area contributed by atoms with Crippen LogP contribution in [0.25, 0.3) is 0 Å². The van der Waals surface area contributed by atoms with Crippen molar-refractivity contribution in [3.05, 3.63) is 24.2 Å². The summed E-state index contributed by atoms with van der Waals surface area (Å²) in [5.74, 6) is 0.943. The Morgan fingerprint density at radius 1 is 1.25 bits per heavy atom. The smallest absolute Gasteiger partial charge is 0.133 e. The lowest BCUT2D eigenvalue weighted by Crippen LogP contribution is -2.55. The van der Waals surface area contributed by atoms with Crippen molar-refractivity contribution in [3.63, 3.8) is 0 Å². The number of hydrogen-bond donors (Lipinski definition) is 1. The largest absolute Gasteiger partial charge is 0.467 e. The highest BCUT2D eigenvalue weighted by Crippen LogP contribution is 2.33. The zero-order valence-electron chi connectivity index (χ0n) is 9.58. The lowest BCUT2D eigenvalue weighted by molar-refractivity contribution is -0.0549. The van der Waals surface area contributed by atoms with Gasteiger partial charge in [0.1, 0.15) is 11.9 Å². The molecule has 3 rings (SSSR count). The fourth-order valence-electron chi connectivity index (χ4n) is 2.89. The minimum absolute atomic E-state index is 0.0996. The predicted molar refractivity (Wildman–Crippen MR) is 61.2 cm³/mol. The molecule has 0 bridgehead atoms. The second-order valence-electron chi connectivity index (χ2n) is 5.04. The summed E-state index contributed by atoms with van der Waals surface area (Å²) in [6, 6.07) is 3.91. The van der Waals surface area contributed by atoms with Gasteiger partial charge in [0, 0.05) is 12.1 Å². The van der Waals surface area contributed by atoms with Crippen LogP contribution in [0.5, 0.6) is 0 Å². The van der Waals surface area contributed by atoms with Crippen molar-refractivity contribution in [2.24, 2.45) is 0 Å². The average molecular weight is 221 g/mol. The van der Waals surface area contributed by atoms with E-state index in [0.717, 1.165) is 18.9 Å². The highest BCUT2D eigenvalue weighted by molar-refractivity contribution is 5.06. The third-order valence-corrected chi connectivity index (χ3v) is 3.89. The maximum Gasteiger partial charge on any atom is 0.133 e. The molecule has 0 aromatic carbocycles. The van der Waals surface area contributed by atoms with Gasteiger partial charge in [-0.05, 0) is 25.0 Å². The van der Waals surface area contributed by atoms with E-state index in [2.05, 4.69) is 5.32 Å². The van der Waals surface area contributed by atoms with E-state index in [1.165, 1.54) is 32.1 Å². The summed E-state index contributed by atoms with van der Waals surface area (Å²) >= 11 is 0. The summed E-state index contributed by atoms with van der Waals surface area (Å²) in [7, 11) is 0. The Morgan fingerprint density at radius 2 is 2.12 bits per heavy atom. The van der Waals surface area contributed by atoms with Gasteiger partial charge >= 0.3 is 0 Å². The highest BCUT2D eigenvalue weighted by atomic mass is 16.5. The van der Waals surface area contributed by atoms with Crippen molar-refractivity contribution in [1.29, 1.82) is 0 Å². The van der Waals surface area contributed by atoms with E-state index in [1.54, 1.807) is 6.26 Å². The van der Waals surface area contributed by atoms with Crippen LogP contribution in [-0.4, -0.2) is 18.7 Å². The topological polar surface area (TPSA) is 34.4 Å². The number of hydrogen-bond acceptors (Lipinski definition) is 3. The zero-order chi connectivity index (χ0) is 10.8. The van der Waals surface area contributed by atoms with Gasteiger partial charge in [-0.15, -0.1) is 0 Å². The van der Waals surface area contributed by atoms with Crippen molar-refractivity contribution in [1.82, 2.24) is 5.32 Å². The summed E-state index contributed by atoms with van der Waals surface area (Å²) in [6.45, 7) is 1.71. The molecule has 1 atom stereocenters. The molecule has 1 unspecified atom stereocenters. The first kappa shape index (κ1) is 10.4. The lowest BCUT2D eigenvalue weighted by Gasteiger charge is -2.43. The number of furan rings is 1. The average Bonchev–Trinajstić information content (AvgIpc) is 2.85. The molecular weight excluding hydrogens is 202 g/mol. The van der Waals surface area contributed by atoms with E-state index >= 15 is 0 Å². The molecule has 2 fully saturated rings. The van der Waals surface area contributed by atoms with Crippen LogP contribution in [0, 0.1) is 0 Å². The highest BCUT2D eigenvalue weighted by Gasteiger charge is 2.37. The van der Waals surface area contributed by atoms with Gasteiger partial charge in [-0.25, -0.2) is 0 Å². The molecule has 1 aromatic heterocycles. The van der Waals surface area contributed by atoms with Crippen LogP contribution in [0.15, 0.2) is 22.8 Å². The van der Waals surface area contributed by atoms with Gasteiger partial charge in [0.05, 0.1) is 12.9 Å². The van der Waals surface area contributed by atoms with E-state index < -0.39 is 0 Å². The molecule has 16 heavy (non-hydrogen) atoms. The Balaban J connectivity index is 1.63. The normalized spacial score (nSPS) is 29.4. The van der Waals surface area contributed by atoms with Crippen LogP contribution < -0.4 is 5.32 Å². The first-order valence-corrected chi connectivity index (χ1v) is 6.28. The van der Waals surface area contributed by atoms with Crippen LogP contribution in [0.2, 0.25) is 0 Å². The molecule has 0 amide bonds. The molecular formula is C13H19NO2. The Kier molecular flexibility index (Phi) is 2.74. The fraction of sp³-hybridized carbons (Fsp3) is 0.692. The Morgan fingerprint density at radius 3 is 2.75 bits per heavy atom. The summed E-state index contributed by atoms with van der Waals surface area (Å²) in [5, 5.41) is 3.69. The van der Waals surface area contributed by atoms with Crippen LogP contribution in [0.3, 0.4) is 0 Å². The lowest BCUT2D eigenvalue weighted by atomic mass is 9.81. The number of morpholine rings is 1. The van der Waals surface area contributed by atoms with Gasteiger partial charge < -0.3 is 14.5 Å². The molecule has 2 heterocycles. The molecule has 1 aromatic rings. The third-order valence-electron chi connectivity index (χ3n) is 3.89. The molecule has 3 heteroatoms. The predicted octanol–water partition coefficient (Wildman–Crippen LogP) is 2.64. The van der Waals surface area contributed by atoms with Gasteiger partial charge in [0.2, 0.25) is 0 Å². The van der Waals surface area contributed by atoms with Crippen LogP contribution in [-0.2, 0) is 4.74 Å². The van der Waals surface area contributed by atoms with Gasteiger partial charge in [-0.2, -0.15) is 0 Å². The molecule has 1 saturated heterocycles. The standard InChI is InChI=1S/C13H19NO2/c1-2-6-13(7-3-1)10-16-12(9-14-13)11-5-4-8-15-11/h4-5,8,12,14H,1-3,6-7,9-10H2. The molecule has 1 aliphatic heterocycles. The van der Waals surface area contributed by atoms with Gasteiger partial charge in [-0.1, -0.05) is 19.3 Å². The van der Waals surface area contributed by atoms with E-state index in [0.29, 0.717) is 0 Å². The minimum Gasteiger partial charge on any atom is -0.467 e. The molecule has 88 valence electrons. The van der Waals surface area contributed by atoms with Crippen LogP contribution in [0.4, 0.5) is 0 Å². The fourth-order valence-corrected chi connectivity index (χ4v) is 2.89. The first-order chi connectivity index (χ1) is 7.88. The molecule has 1 saturated carbocycles.